The highest BCUT2D eigenvalue weighted by molar-refractivity contribution is 6.05. The van der Waals surface area contributed by atoms with Crippen LogP contribution in [0.4, 0.5) is 5.69 Å². The predicted molar refractivity (Wildman–Crippen MR) is 112 cm³/mol. The molecule has 30 heavy (non-hydrogen) atoms. The molecule has 0 aliphatic carbocycles. The van der Waals surface area contributed by atoms with E-state index in [0.717, 1.165) is 0 Å². The second-order valence-electron chi connectivity index (χ2n) is 6.24. The number of ether oxygens (including phenoxy) is 1. The first kappa shape index (κ1) is 20.4. The Kier molecular flexibility index (Phi) is 6.64. The Hall–Kier alpha value is -4.31. The van der Waals surface area contributed by atoms with Crippen molar-refractivity contribution in [3.63, 3.8) is 0 Å². The number of carbonyl (C=O) groups is 2. The van der Waals surface area contributed by atoms with Gasteiger partial charge < -0.3 is 19.8 Å². The van der Waals surface area contributed by atoms with E-state index in [9.17, 15) is 14.9 Å². The van der Waals surface area contributed by atoms with Crippen LogP contribution < -0.4 is 15.4 Å². The lowest BCUT2D eigenvalue weighted by molar-refractivity contribution is -0.117. The second kappa shape index (κ2) is 9.75. The molecule has 2 amide bonds. The van der Waals surface area contributed by atoms with Gasteiger partial charge in [0.2, 0.25) is 0 Å². The number of benzene rings is 2. The number of nitrogens with one attached hydrogen (secondary N) is 2. The van der Waals surface area contributed by atoms with Crippen LogP contribution in [0.15, 0.2) is 76.9 Å². The molecule has 1 aromatic heterocycles. The van der Waals surface area contributed by atoms with Gasteiger partial charge in [0.1, 0.15) is 23.2 Å². The van der Waals surface area contributed by atoms with Crippen LogP contribution in [0.2, 0.25) is 0 Å². The molecule has 150 valence electrons. The van der Waals surface area contributed by atoms with E-state index in [1.165, 1.54) is 12.3 Å². The maximum absolute atomic E-state index is 12.4. The number of hydrogen-bond acceptors (Lipinski definition) is 5. The minimum absolute atomic E-state index is 0.0554. The van der Waals surface area contributed by atoms with Crippen molar-refractivity contribution in [3.05, 3.63) is 89.4 Å². The Labute approximate surface area is 173 Å². The molecule has 0 fully saturated rings. The number of nitrogens with zero attached hydrogens (tertiary/aromatic N) is 1. The summed E-state index contributed by atoms with van der Waals surface area (Å²) in [5.74, 6) is 0.453. The second-order valence-corrected chi connectivity index (χ2v) is 6.24. The standard InChI is InChI=1S/C23H19N3O4/c1-29-20-9-7-17(8-10-20)23(28)26-19-5-2-4-16(13-19)12-18(14-24)22(27)25-15-21-6-3-11-30-21/h2-13H,15H2,1H3,(H,25,27)(H,26,28)/b18-12+. The number of methoxy groups -OCH3 is 1. The zero-order valence-corrected chi connectivity index (χ0v) is 16.2. The molecular weight excluding hydrogens is 382 g/mol. The molecule has 2 aromatic carbocycles. The zero-order chi connectivity index (χ0) is 21.3. The van der Waals surface area contributed by atoms with E-state index in [4.69, 9.17) is 9.15 Å². The number of amides is 2. The Bertz CT molecular complexity index is 1090. The first-order valence-electron chi connectivity index (χ1n) is 9.07. The molecule has 0 unspecified atom stereocenters. The minimum Gasteiger partial charge on any atom is -0.497 e. The third-order valence-corrected chi connectivity index (χ3v) is 4.18. The highest BCUT2D eigenvalue weighted by atomic mass is 16.5. The molecular formula is C23H19N3O4. The van der Waals surface area contributed by atoms with Gasteiger partial charge >= 0.3 is 0 Å². The molecule has 0 bridgehead atoms. The molecule has 0 radical (unpaired) electrons. The molecule has 0 saturated carbocycles. The van der Waals surface area contributed by atoms with Crippen LogP contribution in [-0.4, -0.2) is 18.9 Å². The Morgan fingerprint density at radius 3 is 2.60 bits per heavy atom. The molecule has 0 spiro atoms. The summed E-state index contributed by atoms with van der Waals surface area (Å²) >= 11 is 0. The van der Waals surface area contributed by atoms with E-state index in [-0.39, 0.29) is 18.0 Å². The molecule has 0 aliphatic rings. The van der Waals surface area contributed by atoms with Gasteiger partial charge in [-0.15, -0.1) is 0 Å². The van der Waals surface area contributed by atoms with E-state index < -0.39 is 5.91 Å². The van der Waals surface area contributed by atoms with Gasteiger partial charge in [-0.2, -0.15) is 5.26 Å². The van der Waals surface area contributed by atoms with Crippen molar-refractivity contribution < 1.29 is 18.7 Å². The van der Waals surface area contributed by atoms with Crippen LogP contribution in [0, 0.1) is 11.3 Å². The summed E-state index contributed by atoms with van der Waals surface area (Å²) in [6.07, 6.45) is 2.97. The molecule has 0 atom stereocenters. The van der Waals surface area contributed by atoms with Crippen LogP contribution >= 0.6 is 0 Å². The van der Waals surface area contributed by atoms with Gasteiger partial charge in [0.05, 0.1) is 19.9 Å². The Balaban J connectivity index is 1.68. The number of anilines is 1. The first-order chi connectivity index (χ1) is 14.6. The molecule has 3 aromatic rings. The Morgan fingerprint density at radius 1 is 1.13 bits per heavy atom. The van der Waals surface area contributed by atoms with E-state index in [1.54, 1.807) is 67.8 Å². The van der Waals surface area contributed by atoms with Crippen LogP contribution in [-0.2, 0) is 11.3 Å². The van der Waals surface area contributed by atoms with Gasteiger partial charge in [0, 0.05) is 11.3 Å². The third kappa shape index (κ3) is 5.36. The van der Waals surface area contributed by atoms with Crippen molar-refractivity contribution in [1.82, 2.24) is 5.32 Å². The fraction of sp³-hybridized carbons (Fsp3) is 0.0870. The molecule has 0 saturated heterocycles. The number of hydrogen-bond donors (Lipinski definition) is 2. The Morgan fingerprint density at radius 2 is 1.93 bits per heavy atom. The SMILES string of the molecule is COc1ccc(C(=O)Nc2cccc(/C=C(\C#N)C(=O)NCc3ccco3)c2)cc1. The van der Waals surface area contributed by atoms with E-state index >= 15 is 0 Å². The minimum atomic E-state index is -0.512. The number of furan rings is 1. The maximum atomic E-state index is 12.4. The summed E-state index contributed by atoms with van der Waals surface area (Å²) in [5.41, 5.74) is 1.57. The molecule has 7 nitrogen and oxygen atoms in total. The summed E-state index contributed by atoms with van der Waals surface area (Å²) in [7, 11) is 1.56. The van der Waals surface area contributed by atoms with Crippen molar-refractivity contribution in [1.29, 1.82) is 5.26 Å². The van der Waals surface area contributed by atoms with E-state index in [1.807, 2.05) is 6.07 Å². The third-order valence-electron chi connectivity index (χ3n) is 4.18. The fourth-order valence-electron chi connectivity index (χ4n) is 2.64. The van der Waals surface area contributed by atoms with Crippen LogP contribution in [0.3, 0.4) is 0 Å². The lowest BCUT2D eigenvalue weighted by Gasteiger charge is -2.07. The lowest BCUT2D eigenvalue weighted by atomic mass is 10.1. The van der Waals surface area contributed by atoms with Crippen molar-refractivity contribution in [2.24, 2.45) is 0 Å². The van der Waals surface area contributed by atoms with Gasteiger partial charge in [0.25, 0.3) is 11.8 Å². The van der Waals surface area contributed by atoms with Crippen molar-refractivity contribution >= 4 is 23.6 Å². The molecule has 3 rings (SSSR count). The molecule has 7 heteroatoms. The van der Waals surface area contributed by atoms with Crippen LogP contribution in [0.1, 0.15) is 21.7 Å². The quantitative estimate of drug-likeness (QED) is 0.463. The average Bonchev–Trinajstić information content (AvgIpc) is 3.30. The molecule has 0 aliphatic heterocycles. The summed E-state index contributed by atoms with van der Waals surface area (Å²) in [4.78, 5) is 24.7. The van der Waals surface area contributed by atoms with E-state index in [0.29, 0.717) is 28.3 Å². The summed E-state index contributed by atoms with van der Waals surface area (Å²) in [6, 6.07) is 18.9. The van der Waals surface area contributed by atoms with Crippen LogP contribution in [0.5, 0.6) is 5.75 Å². The lowest BCUT2D eigenvalue weighted by Crippen LogP contribution is -2.23. The van der Waals surface area contributed by atoms with Gasteiger partial charge in [-0.3, -0.25) is 9.59 Å². The predicted octanol–water partition coefficient (Wildman–Crippen LogP) is 3.76. The number of rotatable bonds is 7. The smallest absolute Gasteiger partial charge is 0.262 e. The van der Waals surface area contributed by atoms with Gasteiger partial charge in [-0.25, -0.2) is 0 Å². The average molecular weight is 401 g/mol. The van der Waals surface area contributed by atoms with Gasteiger partial charge in [-0.1, -0.05) is 12.1 Å². The van der Waals surface area contributed by atoms with Gasteiger partial charge in [-0.05, 0) is 60.2 Å². The topological polar surface area (TPSA) is 104 Å². The maximum Gasteiger partial charge on any atom is 0.262 e. The highest BCUT2D eigenvalue weighted by Gasteiger charge is 2.10. The summed E-state index contributed by atoms with van der Waals surface area (Å²) < 4.78 is 10.2. The van der Waals surface area contributed by atoms with Crippen molar-refractivity contribution in [2.45, 2.75) is 6.54 Å². The highest BCUT2D eigenvalue weighted by Crippen LogP contribution is 2.17. The monoisotopic (exact) mass is 401 g/mol. The van der Waals surface area contributed by atoms with Crippen molar-refractivity contribution in [3.8, 4) is 11.8 Å². The van der Waals surface area contributed by atoms with E-state index in [2.05, 4.69) is 10.6 Å². The summed E-state index contributed by atoms with van der Waals surface area (Å²) in [5, 5.41) is 14.8. The van der Waals surface area contributed by atoms with Crippen LogP contribution in [0.25, 0.3) is 6.08 Å². The number of carbonyl (C=O) groups excluding carboxylic acids is 2. The normalized spacial score (nSPS) is 10.7. The first-order valence-corrected chi connectivity index (χ1v) is 9.07. The molecule has 2 N–H and O–H groups in total. The summed E-state index contributed by atoms with van der Waals surface area (Å²) in [6.45, 7) is 0.183. The fourth-order valence-corrected chi connectivity index (χ4v) is 2.64. The molecule has 1 heterocycles. The zero-order valence-electron chi connectivity index (χ0n) is 16.2. The number of nitriles is 1. The van der Waals surface area contributed by atoms with Crippen molar-refractivity contribution in [2.75, 3.05) is 12.4 Å². The van der Waals surface area contributed by atoms with Gasteiger partial charge in [0.15, 0.2) is 0 Å². The largest absolute Gasteiger partial charge is 0.497 e.